The van der Waals surface area contributed by atoms with Gasteiger partial charge in [-0.2, -0.15) is 0 Å². The summed E-state index contributed by atoms with van der Waals surface area (Å²) in [7, 11) is 5.51. The van der Waals surface area contributed by atoms with Crippen LogP contribution in [0.5, 0.6) is 0 Å². The van der Waals surface area contributed by atoms with Crippen LogP contribution in [0, 0.1) is 0 Å². The molecule has 0 spiro atoms. The second-order valence-electron chi connectivity index (χ2n) is 2.60. The summed E-state index contributed by atoms with van der Waals surface area (Å²) >= 11 is 0. The van der Waals surface area contributed by atoms with E-state index < -0.39 is 0 Å². The molecule has 0 fully saturated rings. The first kappa shape index (κ1) is 6.46. The van der Waals surface area contributed by atoms with E-state index in [1.54, 1.807) is 12.1 Å². The fraction of sp³-hybridized carbons (Fsp3) is 0.125. The van der Waals surface area contributed by atoms with Crippen LogP contribution in [0.3, 0.4) is 0 Å². The van der Waals surface area contributed by atoms with Gasteiger partial charge in [0.05, 0.1) is 0 Å². The molecule has 1 aliphatic rings. The molecular weight excluding hydrogens is 137 g/mol. The van der Waals surface area contributed by atoms with Crippen molar-refractivity contribution < 1.29 is 4.79 Å². The molecule has 0 bridgehead atoms. The Morgan fingerprint density at radius 3 is 3.09 bits per heavy atom. The van der Waals surface area contributed by atoms with Crippen molar-refractivity contribution in [1.82, 2.24) is 5.32 Å². The van der Waals surface area contributed by atoms with Crippen LogP contribution < -0.4 is 10.8 Å². The van der Waals surface area contributed by atoms with Gasteiger partial charge < -0.3 is 5.32 Å². The number of hydrogen-bond donors (Lipinski definition) is 1. The number of carbonyl (C=O) groups excluding carboxylic acids is 1. The van der Waals surface area contributed by atoms with E-state index in [9.17, 15) is 4.79 Å². The predicted octanol–water partition coefficient (Wildman–Crippen LogP) is -0.276. The van der Waals surface area contributed by atoms with Crippen molar-refractivity contribution in [2.75, 3.05) is 0 Å². The van der Waals surface area contributed by atoms with Gasteiger partial charge in [0.2, 0.25) is 0 Å². The zero-order valence-electron chi connectivity index (χ0n) is 5.92. The van der Waals surface area contributed by atoms with Gasteiger partial charge in [0, 0.05) is 12.1 Å². The van der Waals surface area contributed by atoms with E-state index in [1.165, 1.54) is 0 Å². The predicted molar refractivity (Wildman–Crippen MR) is 43.0 cm³/mol. The maximum absolute atomic E-state index is 11.1. The molecule has 2 nitrogen and oxygen atoms in total. The zero-order valence-corrected chi connectivity index (χ0v) is 5.92. The van der Waals surface area contributed by atoms with Crippen LogP contribution in [0.25, 0.3) is 0 Å². The van der Waals surface area contributed by atoms with E-state index in [4.69, 9.17) is 7.85 Å². The minimum atomic E-state index is -0.0210. The second-order valence-corrected chi connectivity index (χ2v) is 2.60. The van der Waals surface area contributed by atoms with Crippen molar-refractivity contribution >= 4 is 19.2 Å². The van der Waals surface area contributed by atoms with Gasteiger partial charge in [-0.05, 0) is 5.56 Å². The molecule has 0 unspecified atom stereocenters. The topological polar surface area (TPSA) is 29.1 Å². The van der Waals surface area contributed by atoms with Crippen LogP contribution in [-0.4, -0.2) is 13.8 Å². The molecular formula is C8H6BNO. The van der Waals surface area contributed by atoms with Crippen LogP contribution in [0.2, 0.25) is 0 Å². The van der Waals surface area contributed by atoms with Gasteiger partial charge in [0.1, 0.15) is 7.85 Å². The quantitative estimate of drug-likeness (QED) is 0.497. The average Bonchev–Trinajstić information content (AvgIpc) is 2.33. The lowest BCUT2D eigenvalue weighted by molar-refractivity contribution is 0.0966. The molecule has 2 rings (SSSR count). The first-order valence-electron chi connectivity index (χ1n) is 3.44. The Labute approximate surface area is 66.0 Å². The third-order valence-corrected chi connectivity index (χ3v) is 1.82. The lowest BCUT2D eigenvalue weighted by atomic mass is 9.93. The number of carbonyl (C=O) groups is 1. The summed E-state index contributed by atoms with van der Waals surface area (Å²) < 4.78 is 0. The highest BCUT2D eigenvalue weighted by atomic mass is 16.1. The lowest BCUT2D eigenvalue weighted by Crippen LogP contribution is -2.13. The molecule has 1 heterocycles. The fourth-order valence-electron chi connectivity index (χ4n) is 1.23. The van der Waals surface area contributed by atoms with Gasteiger partial charge in [0.25, 0.3) is 5.91 Å². The molecule has 0 atom stereocenters. The number of nitrogens with one attached hydrogen (secondary N) is 1. The van der Waals surface area contributed by atoms with E-state index >= 15 is 0 Å². The maximum atomic E-state index is 11.1. The lowest BCUT2D eigenvalue weighted by Gasteiger charge is -1.95. The minimum Gasteiger partial charge on any atom is -0.348 e. The normalized spacial score (nSPS) is 14.4. The summed E-state index contributed by atoms with van der Waals surface area (Å²) in [6.45, 7) is 0.633. The van der Waals surface area contributed by atoms with Crippen LogP contribution in [0.15, 0.2) is 18.2 Å². The number of benzene rings is 1. The Morgan fingerprint density at radius 2 is 2.27 bits per heavy atom. The summed E-state index contributed by atoms with van der Waals surface area (Å²) in [4.78, 5) is 11.1. The average molecular weight is 143 g/mol. The molecule has 1 aromatic rings. The Bertz CT molecular complexity index is 322. The fourth-order valence-corrected chi connectivity index (χ4v) is 1.23. The van der Waals surface area contributed by atoms with E-state index in [0.29, 0.717) is 17.6 Å². The molecule has 1 aromatic carbocycles. The Hall–Kier alpha value is -1.25. The third kappa shape index (κ3) is 0.927. The molecule has 0 aromatic heterocycles. The summed E-state index contributed by atoms with van der Waals surface area (Å²) in [5.74, 6) is -0.0210. The molecule has 11 heavy (non-hydrogen) atoms. The molecule has 52 valence electrons. The van der Waals surface area contributed by atoms with Gasteiger partial charge in [-0.1, -0.05) is 23.7 Å². The van der Waals surface area contributed by atoms with Crippen molar-refractivity contribution in [3.63, 3.8) is 0 Å². The largest absolute Gasteiger partial charge is 0.348 e. The van der Waals surface area contributed by atoms with Crippen LogP contribution in [0.4, 0.5) is 0 Å². The number of rotatable bonds is 0. The highest BCUT2D eigenvalue weighted by Crippen LogP contribution is 2.12. The summed E-state index contributed by atoms with van der Waals surface area (Å²) in [5, 5.41) is 2.72. The van der Waals surface area contributed by atoms with Crippen molar-refractivity contribution in [2.24, 2.45) is 0 Å². The van der Waals surface area contributed by atoms with Crippen LogP contribution in [0.1, 0.15) is 15.9 Å². The third-order valence-electron chi connectivity index (χ3n) is 1.82. The number of hydrogen-bond acceptors (Lipinski definition) is 1. The zero-order chi connectivity index (χ0) is 7.84. The molecule has 0 saturated carbocycles. The Morgan fingerprint density at radius 1 is 1.45 bits per heavy atom. The molecule has 1 aliphatic heterocycles. The number of amides is 1. The van der Waals surface area contributed by atoms with Crippen LogP contribution in [-0.2, 0) is 6.54 Å². The number of fused-ring (bicyclic) bond motifs is 1. The Kier molecular flexibility index (Phi) is 1.25. The van der Waals surface area contributed by atoms with E-state index in [1.807, 2.05) is 6.07 Å². The summed E-state index contributed by atoms with van der Waals surface area (Å²) in [5.41, 5.74) is 2.38. The standard InChI is InChI=1S/C8H6BNO/c9-6-2-1-5-4-10-8(11)7(5)3-6/h1-3H,4H2,(H,10,11). The van der Waals surface area contributed by atoms with E-state index in [-0.39, 0.29) is 5.91 Å². The molecule has 1 N–H and O–H groups in total. The first-order valence-corrected chi connectivity index (χ1v) is 3.44. The Balaban J connectivity index is 2.60. The van der Waals surface area contributed by atoms with Gasteiger partial charge in [-0.15, -0.1) is 0 Å². The highest BCUT2D eigenvalue weighted by Gasteiger charge is 2.17. The molecule has 2 radical (unpaired) electrons. The van der Waals surface area contributed by atoms with Gasteiger partial charge in [-0.25, -0.2) is 0 Å². The smallest absolute Gasteiger partial charge is 0.251 e. The van der Waals surface area contributed by atoms with Gasteiger partial charge >= 0.3 is 0 Å². The first-order chi connectivity index (χ1) is 5.27. The molecule has 0 aliphatic carbocycles. The van der Waals surface area contributed by atoms with E-state index in [2.05, 4.69) is 5.32 Å². The monoisotopic (exact) mass is 143 g/mol. The minimum absolute atomic E-state index is 0.0210. The summed E-state index contributed by atoms with van der Waals surface area (Å²) in [6.07, 6.45) is 0. The van der Waals surface area contributed by atoms with Crippen molar-refractivity contribution in [3.05, 3.63) is 29.3 Å². The van der Waals surface area contributed by atoms with Gasteiger partial charge in [0.15, 0.2) is 0 Å². The van der Waals surface area contributed by atoms with E-state index in [0.717, 1.165) is 5.56 Å². The maximum Gasteiger partial charge on any atom is 0.251 e. The summed E-state index contributed by atoms with van der Waals surface area (Å²) in [6, 6.07) is 5.39. The highest BCUT2D eigenvalue weighted by molar-refractivity contribution is 6.32. The van der Waals surface area contributed by atoms with Crippen LogP contribution >= 0.6 is 0 Å². The molecule has 0 saturated heterocycles. The van der Waals surface area contributed by atoms with Crippen molar-refractivity contribution in [1.29, 1.82) is 0 Å². The SMILES string of the molecule is [B]c1ccc2c(c1)C(=O)NC2. The van der Waals surface area contributed by atoms with Crippen molar-refractivity contribution in [2.45, 2.75) is 6.54 Å². The molecule has 3 heteroatoms. The van der Waals surface area contributed by atoms with Crippen molar-refractivity contribution in [3.8, 4) is 0 Å². The van der Waals surface area contributed by atoms with Gasteiger partial charge in [-0.3, -0.25) is 4.79 Å². The second kappa shape index (κ2) is 2.12. The molecule has 1 amide bonds.